The predicted octanol–water partition coefficient (Wildman–Crippen LogP) is 1.47. The summed E-state index contributed by atoms with van der Waals surface area (Å²) in [5, 5.41) is 4.66. The number of carbonyl (C=O) groups excluding carboxylic acids is 1. The molecule has 0 spiro atoms. The Balaban J connectivity index is 2.67. The molecule has 2 N–H and O–H groups in total. The van der Waals surface area contributed by atoms with Crippen LogP contribution in [0.5, 0.6) is 11.5 Å². The van der Waals surface area contributed by atoms with Gasteiger partial charge >= 0.3 is 6.18 Å². The van der Waals surface area contributed by atoms with Gasteiger partial charge in [0.05, 0.1) is 7.11 Å². The summed E-state index contributed by atoms with van der Waals surface area (Å²) in [6.45, 7) is -1.44. The highest BCUT2D eigenvalue weighted by molar-refractivity contribution is 5.77. The monoisotopic (exact) mass is 306 g/mol. The van der Waals surface area contributed by atoms with Crippen molar-refractivity contribution in [2.75, 3.05) is 27.3 Å². The number of ether oxygens (including phenoxy) is 2. The molecule has 5 nitrogen and oxygen atoms in total. The van der Waals surface area contributed by atoms with E-state index in [1.165, 1.54) is 7.11 Å². The Morgan fingerprint density at radius 3 is 2.62 bits per heavy atom. The molecule has 0 bridgehead atoms. The van der Waals surface area contributed by atoms with E-state index in [0.29, 0.717) is 18.0 Å². The summed E-state index contributed by atoms with van der Waals surface area (Å²) in [5.41, 5.74) is 0.737. The molecule has 0 saturated heterocycles. The fourth-order valence-electron chi connectivity index (χ4n) is 1.60. The minimum atomic E-state index is -4.45. The van der Waals surface area contributed by atoms with Crippen LogP contribution in [0.1, 0.15) is 5.56 Å². The lowest BCUT2D eigenvalue weighted by Gasteiger charge is -2.15. The van der Waals surface area contributed by atoms with E-state index in [1.807, 2.05) is 0 Å². The van der Waals surface area contributed by atoms with E-state index in [2.05, 4.69) is 5.32 Å². The molecule has 0 aliphatic rings. The number of methoxy groups -OCH3 is 1. The Bertz CT molecular complexity index is 478. The van der Waals surface area contributed by atoms with E-state index in [1.54, 1.807) is 30.6 Å². The maximum absolute atomic E-state index is 12.0. The molecule has 1 aromatic carbocycles. The topological polar surface area (TPSA) is 59.6 Å². The van der Waals surface area contributed by atoms with Gasteiger partial charge in [-0.1, -0.05) is 12.1 Å². The fourth-order valence-corrected chi connectivity index (χ4v) is 1.60. The highest BCUT2D eigenvalue weighted by atomic mass is 19.4. The van der Waals surface area contributed by atoms with Crippen LogP contribution in [-0.2, 0) is 11.3 Å². The summed E-state index contributed by atoms with van der Waals surface area (Å²) in [6.07, 6.45) is -4.45. The molecule has 0 atom stereocenters. The molecule has 1 rings (SSSR count). The Morgan fingerprint density at radius 1 is 1.33 bits per heavy atom. The number of hydrogen-bond donors (Lipinski definition) is 2. The van der Waals surface area contributed by atoms with E-state index in [0.717, 1.165) is 5.56 Å². The van der Waals surface area contributed by atoms with Crippen LogP contribution in [0.3, 0.4) is 0 Å². The normalized spacial score (nSPS) is 11.1. The third-order valence-electron chi connectivity index (χ3n) is 2.48. The van der Waals surface area contributed by atoms with Crippen molar-refractivity contribution in [3.05, 3.63) is 23.8 Å². The lowest BCUT2D eigenvalue weighted by Crippen LogP contribution is -2.36. The number of alkyl halides is 3. The first-order valence-electron chi connectivity index (χ1n) is 6.14. The quantitative estimate of drug-likeness (QED) is 0.801. The van der Waals surface area contributed by atoms with Gasteiger partial charge in [-0.2, -0.15) is 13.2 Å². The Labute approximate surface area is 120 Å². The molecule has 1 aromatic rings. The van der Waals surface area contributed by atoms with Crippen molar-refractivity contribution in [2.24, 2.45) is 0 Å². The molecule has 0 fully saturated rings. The van der Waals surface area contributed by atoms with Crippen molar-refractivity contribution < 1.29 is 27.4 Å². The van der Waals surface area contributed by atoms with Crippen molar-refractivity contribution in [3.8, 4) is 11.5 Å². The van der Waals surface area contributed by atoms with Gasteiger partial charge in [0.2, 0.25) is 0 Å². The molecular formula is C13H17F3N2O3. The number of carbonyl (C=O) groups is 1. The van der Waals surface area contributed by atoms with Gasteiger partial charge in [0.15, 0.2) is 18.1 Å². The molecule has 1 amide bonds. The second kappa shape index (κ2) is 7.72. The minimum absolute atomic E-state index is 0.330. The summed E-state index contributed by atoms with van der Waals surface area (Å²) in [6, 6.07) is 5.16. The first-order chi connectivity index (χ1) is 9.87. The van der Waals surface area contributed by atoms with Crippen LogP contribution in [0.25, 0.3) is 0 Å². The number of halogens is 3. The van der Waals surface area contributed by atoms with Crippen molar-refractivity contribution in [1.82, 2.24) is 10.6 Å². The molecule has 0 aliphatic carbocycles. The third-order valence-corrected chi connectivity index (χ3v) is 2.48. The number of benzene rings is 1. The van der Waals surface area contributed by atoms with Crippen LogP contribution < -0.4 is 20.1 Å². The van der Waals surface area contributed by atoms with Gasteiger partial charge in [-0.15, -0.1) is 0 Å². The summed E-state index contributed by atoms with van der Waals surface area (Å²) in [7, 11) is 3.17. The summed E-state index contributed by atoms with van der Waals surface area (Å²) < 4.78 is 46.3. The van der Waals surface area contributed by atoms with Crippen LogP contribution in [-0.4, -0.2) is 39.4 Å². The van der Waals surface area contributed by atoms with Gasteiger partial charge < -0.3 is 20.1 Å². The summed E-state index contributed by atoms with van der Waals surface area (Å²) >= 11 is 0. The average Bonchev–Trinajstić information content (AvgIpc) is 2.43. The largest absolute Gasteiger partial charge is 0.493 e. The molecule has 0 aliphatic heterocycles. The molecule has 0 aromatic heterocycles. The van der Waals surface area contributed by atoms with Gasteiger partial charge in [-0.3, -0.25) is 4.79 Å². The Kier molecular flexibility index (Phi) is 6.29. The van der Waals surface area contributed by atoms with Crippen LogP contribution >= 0.6 is 0 Å². The molecule has 0 heterocycles. The SMILES string of the molecule is CNCc1cccc(OC)c1OCC(=O)NCC(F)(F)F. The van der Waals surface area contributed by atoms with Crippen LogP contribution in [0.4, 0.5) is 13.2 Å². The van der Waals surface area contributed by atoms with Gasteiger partial charge in [-0.05, 0) is 13.1 Å². The molecule has 8 heteroatoms. The lowest BCUT2D eigenvalue weighted by atomic mass is 10.2. The van der Waals surface area contributed by atoms with Gasteiger partial charge in [0.25, 0.3) is 5.91 Å². The van der Waals surface area contributed by atoms with E-state index in [-0.39, 0.29) is 0 Å². The van der Waals surface area contributed by atoms with Crippen LogP contribution in [0.15, 0.2) is 18.2 Å². The van der Waals surface area contributed by atoms with Crippen molar-refractivity contribution in [1.29, 1.82) is 0 Å². The molecule has 21 heavy (non-hydrogen) atoms. The van der Waals surface area contributed by atoms with Gasteiger partial charge in [0.1, 0.15) is 6.54 Å². The van der Waals surface area contributed by atoms with E-state index < -0.39 is 25.2 Å². The zero-order valence-corrected chi connectivity index (χ0v) is 11.7. The van der Waals surface area contributed by atoms with Gasteiger partial charge in [-0.25, -0.2) is 0 Å². The average molecular weight is 306 g/mol. The Morgan fingerprint density at radius 2 is 2.05 bits per heavy atom. The maximum atomic E-state index is 12.0. The standard InChI is InChI=1S/C13H17F3N2O3/c1-17-6-9-4-3-5-10(20-2)12(9)21-7-11(19)18-8-13(14,15)16/h3-5,17H,6-8H2,1-2H3,(H,18,19). The second-order valence-electron chi connectivity index (χ2n) is 4.16. The molecule has 0 radical (unpaired) electrons. The number of rotatable bonds is 7. The number of nitrogens with one attached hydrogen (secondary N) is 2. The second-order valence-corrected chi connectivity index (χ2v) is 4.16. The first-order valence-corrected chi connectivity index (χ1v) is 6.14. The maximum Gasteiger partial charge on any atom is 0.405 e. The Hall–Kier alpha value is -1.96. The zero-order valence-electron chi connectivity index (χ0n) is 11.7. The van der Waals surface area contributed by atoms with E-state index in [9.17, 15) is 18.0 Å². The highest BCUT2D eigenvalue weighted by Gasteiger charge is 2.27. The van der Waals surface area contributed by atoms with Crippen molar-refractivity contribution in [2.45, 2.75) is 12.7 Å². The van der Waals surface area contributed by atoms with Crippen LogP contribution in [0, 0.1) is 0 Å². The zero-order chi connectivity index (χ0) is 15.9. The fraction of sp³-hybridized carbons (Fsp3) is 0.462. The van der Waals surface area contributed by atoms with Crippen molar-refractivity contribution in [3.63, 3.8) is 0 Å². The number of para-hydroxylation sites is 1. The molecule has 0 unspecified atom stereocenters. The van der Waals surface area contributed by atoms with Gasteiger partial charge in [0, 0.05) is 12.1 Å². The van der Waals surface area contributed by atoms with Crippen molar-refractivity contribution >= 4 is 5.91 Å². The minimum Gasteiger partial charge on any atom is -0.493 e. The molecular weight excluding hydrogens is 289 g/mol. The van der Waals surface area contributed by atoms with Crippen LogP contribution in [0.2, 0.25) is 0 Å². The highest BCUT2D eigenvalue weighted by Crippen LogP contribution is 2.30. The number of amides is 1. The molecule has 118 valence electrons. The van der Waals surface area contributed by atoms with E-state index >= 15 is 0 Å². The lowest BCUT2D eigenvalue weighted by molar-refractivity contribution is -0.139. The summed E-state index contributed by atoms with van der Waals surface area (Å²) in [5.74, 6) is -0.114. The third kappa shape index (κ3) is 5.90. The first kappa shape index (κ1) is 17.1. The predicted molar refractivity (Wildman–Crippen MR) is 70.3 cm³/mol. The summed E-state index contributed by atoms with van der Waals surface area (Å²) in [4.78, 5) is 11.3. The van der Waals surface area contributed by atoms with E-state index in [4.69, 9.17) is 9.47 Å². The smallest absolute Gasteiger partial charge is 0.405 e. The molecule has 0 saturated carbocycles. The number of hydrogen-bond acceptors (Lipinski definition) is 4.